The van der Waals surface area contributed by atoms with E-state index in [2.05, 4.69) is 16.2 Å². The molecule has 3 aliphatic rings. The van der Waals surface area contributed by atoms with Crippen LogP contribution in [0.25, 0.3) is 0 Å². The Labute approximate surface area is 135 Å². The highest BCUT2D eigenvalue weighted by Crippen LogP contribution is 2.38. The molecule has 0 spiro atoms. The number of halogens is 1. The summed E-state index contributed by atoms with van der Waals surface area (Å²) in [6.45, 7) is 3.63. The molecule has 7 heteroatoms. The van der Waals surface area contributed by atoms with Gasteiger partial charge in [-0.15, -0.1) is 4.40 Å². The van der Waals surface area contributed by atoms with Gasteiger partial charge in [-0.2, -0.15) is 8.42 Å². The Kier molecular flexibility index (Phi) is 3.25. The fraction of sp³-hybridized carbons (Fsp3) is 0.533. The molecule has 118 valence electrons. The molecule has 1 aromatic rings. The van der Waals surface area contributed by atoms with Gasteiger partial charge >= 0.3 is 0 Å². The molecule has 0 unspecified atom stereocenters. The summed E-state index contributed by atoms with van der Waals surface area (Å²) >= 11 is 5.90. The maximum atomic E-state index is 12.0. The Morgan fingerprint density at radius 2 is 2.09 bits per heavy atom. The molecule has 0 N–H and O–H groups in total. The number of hydrogen-bond donors (Lipinski definition) is 0. The molecule has 0 radical (unpaired) electrons. The smallest absolute Gasteiger partial charge is 0.284 e. The molecule has 0 aromatic heterocycles. The van der Waals surface area contributed by atoms with Gasteiger partial charge in [0, 0.05) is 24.3 Å². The van der Waals surface area contributed by atoms with Crippen LogP contribution < -0.4 is 4.90 Å². The molecule has 0 amide bonds. The summed E-state index contributed by atoms with van der Waals surface area (Å²) < 4.78 is 33.6. The number of sulfonamides is 1. The van der Waals surface area contributed by atoms with E-state index in [1.54, 1.807) is 12.1 Å². The summed E-state index contributed by atoms with van der Waals surface area (Å²) in [6.07, 6.45) is 2.85. The van der Waals surface area contributed by atoms with Crippen molar-refractivity contribution in [3.63, 3.8) is 0 Å². The van der Waals surface area contributed by atoms with Crippen LogP contribution in [0.2, 0.25) is 0 Å². The van der Waals surface area contributed by atoms with E-state index < -0.39 is 10.0 Å². The fourth-order valence-corrected chi connectivity index (χ4v) is 4.83. The predicted molar refractivity (Wildman–Crippen MR) is 85.3 cm³/mol. The average Bonchev–Trinajstić information content (AvgIpc) is 3.27. The zero-order chi connectivity index (χ0) is 15.5. The quantitative estimate of drug-likeness (QED) is 0.829. The first kappa shape index (κ1) is 14.5. The number of hydrogen-bond acceptors (Lipinski definition) is 4. The molecule has 0 bridgehead atoms. The van der Waals surface area contributed by atoms with E-state index in [4.69, 9.17) is 16.3 Å². The molecule has 1 aromatic carbocycles. The van der Waals surface area contributed by atoms with Gasteiger partial charge in [-0.05, 0) is 43.9 Å². The molecule has 2 atom stereocenters. The van der Waals surface area contributed by atoms with Crippen LogP contribution in [0.5, 0.6) is 0 Å². The molecule has 2 fully saturated rings. The molecular weight excluding hydrogens is 324 g/mol. The second kappa shape index (κ2) is 4.94. The number of fused-ring (bicyclic) bond motifs is 1. The first-order chi connectivity index (χ1) is 10.4. The van der Waals surface area contributed by atoms with Crippen molar-refractivity contribution in [3.8, 4) is 0 Å². The lowest BCUT2D eigenvalue weighted by Gasteiger charge is -2.38. The van der Waals surface area contributed by atoms with Gasteiger partial charge in [-0.1, -0.05) is 11.6 Å². The first-order valence-electron chi connectivity index (χ1n) is 7.49. The van der Waals surface area contributed by atoms with Crippen LogP contribution in [0, 0.1) is 5.92 Å². The summed E-state index contributed by atoms with van der Waals surface area (Å²) in [5.74, 6) is 0.654. The van der Waals surface area contributed by atoms with Crippen molar-refractivity contribution in [1.82, 2.24) is 0 Å². The topological polar surface area (TPSA) is 59.0 Å². The Hall–Kier alpha value is -1.11. The summed E-state index contributed by atoms with van der Waals surface area (Å²) in [6, 6.07) is 5.35. The standard InChI is InChI=1S/C15H17ClN2O3S/c1-9-7-18(8-13(21-9)10-2-3-10)11-4-5-12-14(6-11)22(19,20)17-15(12)16/h4-6,9-10,13H,2-3,7-8H2,1H3/t9-,13+/m1/s1. The molecule has 22 heavy (non-hydrogen) atoms. The van der Waals surface area contributed by atoms with Gasteiger partial charge in [0.05, 0.1) is 12.2 Å². The number of benzene rings is 1. The highest BCUT2D eigenvalue weighted by molar-refractivity contribution is 7.91. The van der Waals surface area contributed by atoms with Crippen LogP contribution in [-0.2, 0) is 14.8 Å². The molecule has 1 aliphatic carbocycles. The molecular formula is C15H17ClN2O3S. The molecule has 2 heterocycles. The van der Waals surface area contributed by atoms with Crippen LogP contribution >= 0.6 is 11.6 Å². The van der Waals surface area contributed by atoms with Gasteiger partial charge < -0.3 is 9.64 Å². The molecule has 1 saturated heterocycles. The monoisotopic (exact) mass is 340 g/mol. The highest BCUT2D eigenvalue weighted by Gasteiger charge is 2.38. The van der Waals surface area contributed by atoms with Gasteiger partial charge in [0.2, 0.25) is 0 Å². The molecule has 2 aliphatic heterocycles. The third-order valence-corrected chi connectivity index (χ3v) is 6.17. The zero-order valence-electron chi connectivity index (χ0n) is 12.2. The van der Waals surface area contributed by atoms with Gasteiger partial charge in [-0.3, -0.25) is 0 Å². The molecule has 1 saturated carbocycles. The van der Waals surface area contributed by atoms with E-state index in [-0.39, 0.29) is 22.3 Å². The van der Waals surface area contributed by atoms with Crippen molar-refractivity contribution in [2.24, 2.45) is 10.3 Å². The maximum Gasteiger partial charge on any atom is 0.284 e. The highest BCUT2D eigenvalue weighted by atomic mass is 35.5. The summed E-state index contributed by atoms with van der Waals surface area (Å²) in [5, 5.41) is 0.0488. The van der Waals surface area contributed by atoms with Crippen molar-refractivity contribution in [2.75, 3.05) is 18.0 Å². The molecule has 4 rings (SSSR count). The van der Waals surface area contributed by atoms with Crippen molar-refractivity contribution in [1.29, 1.82) is 0 Å². The van der Waals surface area contributed by atoms with E-state index in [1.165, 1.54) is 12.8 Å². The number of rotatable bonds is 2. The molecule has 5 nitrogen and oxygen atoms in total. The van der Waals surface area contributed by atoms with Crippen molar-refractivity contribution >= 4 is 32.5 Å². The summed E-state index contributed by atoms with van der Waals surface area (Å²) in [4.78, 5) is 2.41. The number of nitrogens with zero attached hydrogens (tertiary/aromatic N) is 2. The third-order valence-electron chi connectivity index (χ3n) is 4.46. The SMILES string of the molecule is C[C@@H]1CN(c2ccc3c(c2)S(=O)(=O)N=C3Cl)C[C@@H](C2CC2)O1. The van der Waals surface area contributed by atoms with Crippen molar-refractivity contribution in [3.05, 3.63) is 23.8 Å². The van der Waals surface area contributed by atoms with Gasteiger partial charge in [0.1, 0.15) is 4.90 Å². The van der Waals surface area contributed by atoms with Crippen LogP contribution in [-0.4, -0.2) is 38.9 Å². The Balaban J connectivity index is 1.66. The average molecular weight is 341 g/mol. The summed E-state index contributed by atoms with van der Waals surface area (Å²) in [5.41, 5.74) is 1.38. The Morgan fingerprint density at radius 1 is 1.32 bits per heavy atom. The van der Waals surface area contributed by atoms with Crippen LogP contribution in [0.4, 0.5) is 5.69 Å². The Bertz CT molecular complexity index is 758. The van der Waals surface area contributed by atoms with E-state index in [9.17, 15) is 8.42 Å². The summed E-state index contributed by atoms with van der Waals surface area (Å²) in [7, 11) is -3.65. The van der Waals surface area contributed by atoms with Gasteiger partial charge in [-0.25, -0.2) is 0 Å². The predicted octanol–water partition coefficient (Wildman–Crippen LogP) is 2.38. The zero-order valence-corrected chi connectivity index (χ0v) is 13.8. The minimum atomic E-state index is -3.65. The van der Waals surface area contributed by atoms with Gasteiger partial charge in [0.15, 0.2) is 5.17 Å². The van der Waals surface area contributed by atoms with Crippen LogP contribution in [0.1, 0.15) is 25.3 Å². The second-order valence-electron chi connectivity index (χ2n) is 6.27. The van der Waals surface area contributed by atoms with Crippen LogP contribution in [0.3, 0.4) is 0 Å². The minimum absolute atomic E-state index is 0.0488. The van der Waals surface area contributed by atoms with E-state index in [0.717, 1.165) is 18.8 Å². The normalized spacial score (nSPS) is 30.1. The van der Waals surface area contributed by atoms with Gasteiger partial charge in [0.25, 0.3) is 10.0 Å². The first-order valence-corrected chi connectivity index (χ1v) is 9.31. The lowest BCUT2D eigenvalue weighted by Crippen LogP contribution is -2.47. The van der Waals surface area contributed by atoms with E-state index >= 15 is 0 Å². The number of morpholine rings is 1. The maximum absolute atomic E-state index is 12.0. The number of anilines is 1. The third kappa shape index (κ3) is 2.43. The fourth-order valence-electron chi connectivity index (χ4n) is 3.22. The van der Waals surface area contributed by atoms with Crippen molar-refractivity contribution < 1.29 is 13.2 Å². The van der Waals surface area contributed by atoms with Crippen molar-refractivity contribution in [2.45, 2.75) is 36.9 Å². The largest absolute Gasteiger partial charge is 0.371 e. The Morgan fingerprint density at radius 3 is 2.82 bits per heavy atom. The van der Waals surface area contributed by atoms with Crippen LogP contribution in [0.15, 0.2) is 27.5 Å². The lowest BCUT2D eigenvalue weighted by molar-refractivity contribution is -0.0271. The minimum Gasteiger partial charge on any atom is -0.371 e. The second-order valence-corrected chi connectivity index (χ2v) is 8.20. The lowest BCUT2D eigenvalue weighted by atomic mass is 10.1. The van der Waals surface area contributed by atoms with E-state index in [0.29, 0.717) is 11.5 Å². The number of ether oxygens (including phenoxy) is 1. The van der Waals surface area contributed by atoms with E-state index in [1.807, 2.05) is 6.07 Å².